The fraction of sp³-hybridized carbons (Fsp3) is 0.391. The average molecular weight is 458 g/mol. The molecule has 1 aromatic carbocycles. The summed E-state index contributed by atoms with van der Waals surface area (Å²) in [6.07, 6.45) is 3.44. The van der Waals surface area contributed by atoms with Crippen molar-refractivity contribution in [3.05, 3.63) is 62.8 Å². The lowest BCUT2D eigenvalue weighted by Crippen LogP contribution is -2.37. The Kier molecular flexibility index (Phi) is 7.35. The maximum atomic E-state index is 12.9. The fourth-order valence-electron chi connectivity index (χ4n) is 3.15. The highest BCUT2D eigenvalue weighted by molar-refractivity contribution is 6.31. The number of nitrogens with one attached hydrogen (secondary N) is 3. The van der Waals surface area contributed by atoms with Gasteiger partial charge in [0.1, 0.15) is 17.0 Å². The molecule has 0 saturated carbocycles. The number of imidazole rings is 1. The number of carbonyl (C=O) groups is 2. The molecule has 2 aromatic heterocycles. The van der Waals surface area contributed by atoms with E-state index in [2.05, 4.69) is 20.6 Å². The van der Waals surface area contributed by atoms with Crippen molar-refractivity contribution in [3.63, 3.8) is 0 Å². The third-order valence-corrected chi connectivity index (χ3v) is 5.18. The molecule has 0 aliphatic heterocycles. The normalized spacial score (nSPS) is 11.3. The number of fused-ring (bicyclic) bond motifs is 1. The van der Waals surface area contributed by atoms with Gasteiger partial charge in [-0.05, 0) is 38.0 Å². The first kappa shape index (κ1) is 23.5. The molecule has 3 rings (SSSR count). The van der Waals surface area contributed by atoms with Crippen LogP contribution in [0.4, 0.5) is 0 Å². The van der Waals surface area contributed by atoms with Crippen LogP contribution in [0.1, 0.15) is 60.3 Å². The molecule has 3 N–H and O–H groups in total. The zero-order valence-electron chi connectivity index (χ0n) is 18.7. The molecule has 0 bridgehead atoms. The molecular formula is C23H28ClN5O3. The molecule has 0 unspecified atom stereocenters. The number of rotatable bonds is 8. The van der Waals surface area contributed by atoms with Gasteiger partial charge >= 0.3 is 0 Å². The Morgan fingerprint density at radius 1 is 1.09 bits per heavy atom. The predicted octanol–water partition coefficient (Wildman–Crippen LogP) is 3.32. The lowest BCUT2D eigenvalue weighted by molar-refractivity contribution is 0.0946. The summed E-state index contributed by atoms with van der Waals surface area (Å²) in [5.74, 6) is -0.0632. The lowest BCUT2D eigenvalue weighted by Gasteiger charge is -2.15. The Bertz CT molecular complexity index is 1200. The van der Waals surface area contributed by atoms with Gasteiger partial charge in [0.2, 0.25) is 5.43 Å². The smallest absolute Gasteiger partial charge is 0.256 e. The molecule has 2 amide bonds. The highest BCUT2D eigenvalue weighted by Gasteiger charge is 2.20. The minimum atomic E-state index is -0.584. The second-order valence-electron chi connectivity index (χ2n) is 8.41. The van der Waals surface area contributed by atoms with Crippen LogP contribution in [0.15, 0.2) is 35.4 Å². The van der Waals surface area contributed by atoms with Gasteiger partial charge < -0.3 is 20.2 Å². The van der Waals surface area contributed by atoms with Gasteiger partial charge in [0, 0.05) is 43.0 Å². The van der Waals surface area contributed by atoms with E-state index in [9.17, 15) is 14.4 Å². The van der Waals surface area contributed by atoms with Crippen LogP contribution in [0.25, 0.3) is 11.0 Å². The molecule has 0 saturated heterocycles. The Morgan fingerprint density at radius 2 is 1.75 bits per heavy atom. The van der Waals surface area contributed by atoms with Gasteiger partial charge in [0.15, 0.2) is 0 Å². The van der Waals surface area contributed by atoms with Gasteiger partial charge in [0.05, 0.1) is 11.0 Å². The van der Waals surface area contributed by atoms with E-state index in [1.165, 1.54) is 12.4 Å². The Balaban J connectivity index is 1.75. The van der Waals surface area contributed by atoms with Crippen molar-refractivity contribution >= 4 is 34.4 Å². The van der Waals surface area contributed by atoms with E-state index in [0.29, 0.717) is 23.8 Å². The van der Waals surface area contributed by atoms with Crippen LogP contribution in [0.2, 0.25) is 5.02 Å². The van der Waals surface area contributed by atoms with Gasteiger partial charge in [-0.25, -0.2) is 4.98 Å². The molecular weight excluding hydrogens is 430 g/mol. The zero-order chi connectivity index (χ0) is 23.4. The summed E-state index contributed by atoms with van der Waals surface area (Å²) in [4.78, 5) is 45.9. The van der Waals surface area contributed by atoms with Crippen molar-refractivity contribution in [1.82, 2.24) is 25.2 Å². The summed E-state index contributed by atoms with van der Waals surface area (Å²) in [7, 11) is 0. The first-order valence-electron chi connectivity index (χ1n) is 10.6. The molecule has 0 spiro atoms. The number of hydrogen-bond donors (Lipinski definition) is 3. The number of pyridine rings is 1. The van der Waals surface area contributed by atoms with Gasteiger partial charge in [-0.15, -0.1) is 0 Å². The molecule has 2 heterocycles. The third kappa shape index (κ3) is 5.56. The molecule has 0 fully saturated rings. The zero-order valence-corrected chi connectivity index (χ0v) is 19.4. The molecule has 0 aliphatic carbocycles. The number of aromatic amines is 1. The number of carbonyl (C=O) groups excluding carboxylic acids is 2. The van der Waals surface area contributed by atoms with E-state index in [0.717, 1.165) is 11.0 Å². The number of hydrogen-bond acceptors (Lipinski definition) is 4. The maximum Gasteiger partial charge on any atom is 0.256 e. The number of nitrogens with zero attached hydrogens (tertiary/aromatic N) is 2. The SMILES string of the molecule is CC(C)CNC(=O)c1cn(C(C)C)cc(C(=O)NCCc2nc3ccc(Cl)cc3[nH]2)c1=O. The second-order valence-corrected chi connectivity index (χ2v) is 8.85. The second kappa shape index (κ2) is 9.99. The summed E-state index contributed by atoms with van der Waals surface area (Å²) in [6, 6.07) is 5.35. The number of amides is 2. The first-order chi connectivity index (χ1) is 15.2. The number of benzene rings is 1. The van der Waals surface area contributed by atoms with Crippen LogP contribution in [0.3, 0.4) is 0 Å². The van der Waals surface area contributed by atoms with Crippen molar-refractivity contribution in [2.75, 3.05) is 13.1 Å². The van der Waals surface area contributed by atoms with E-state index < -0.39 is 17.2 Å². The van der Waals surface area contributed by atoms with Crippen molar-refractivity contribution < 1.29 is 9.59 Å². The van der Waals surface area contributed by atoms with Crippen molar-refractivity contribution in [2.24, 2.45) is 5.92 Å². The van der Waals surface area contributed by atoms with Crippen LogP contribution in [0, 0.1) is 5.92 Å². The summed E-state index contributed by atoms with van der Waals surface area (Å²) in [5.41, 5.74) is 0.918. The molecule has 3 aromatic rings. The predicted molar refractivity (Wildman–Crippen MR) is 125 cm³/mol. The Hall–Kier alpha value is -3.13. The van der Waals surface area contributed by atoms with Crippen molar-refractivity contribution in [3.8, 4) is 0 Å². The van der Waals surface area contributed by atoms with Gasteiger partial charge in [-0.2, -0.15) is 0 Å². The van der Waals surface area contributed by atoms with Crippen molar-refractivity contribution in [1.29, 1.82) is 0 Å². The Labute approximate surface area is 191 Å². The van der Waals surface area contributed by atoms with Gasteiger partial charge in [-0.1, -0.05) is 25.4 Å². The van der Waals surface area contributed by atoms with Gasteiger partial charge in [-0.3, -0.25) is 14.4 Å². The Morgan fingerprint density at radius 3 is 2.38 bits per heavy atom. The fourth-order valence-corrected chi connectivity index (χ4v) is 3.33. The topological polar surface area (TPSA) is 109 Å². The lowest BCUT2D eigenvalue weighted by atomic mass is 10.1. The largest absolute Gasteiger partial charge is 0.352 e. The highest BCUT2D eigenvalue weighted by Crippen LogP contribution is 2.17. The summed E-state index contributed by atoms with van der Waals surface area (Å²) >= 11 is 6.00. The number of halogens is 1. The van der Waals surface area contributed by atoms with Gasteiger partial charge in [0.25, 0.3) is 11.8 Å². The van der Waals surface area contributed by atoms with E-state index in [1.54, 1.807) is 16.7 Å². The van der Waals surface area contributed by atoms with E-state index in [4.69, 9.17) is 11.6 Å². The molecule has 8 nitrogen and oxygen atoms in total. The van der Waals surface area contributed by atoms with Crippen LogP contribution < -0.4 is 16.1 Å². The summed E-state index contributed by atoms with van der Waals surface area (Å²) < 4.78 is 1.70. The van der Waals surface area contributed by atoms with E-state index >= 15 is 0 Å². The van der Waals surface area contributed by atoms with E-state index in [-0.39, 0.29) is 29.6 Å². The first-order valence-corrected chi connectivity index (χ1v) is 11.0. The minimum absolute atomic E-state index is 0.0267. The maximum absolute atomic E-state index is 12.9. The minimum Gasteiger partial charge on any atom is -0.352 e. The monoisotopic (exact) mass is 457 g/mol. The molecule has 0 aliphatic rings. The van der Waals surface area contributed by atoms with Crippen molar-refractivity contribution in [2.45, 2.75) is 40.2 Å². The molecule has 32 heavy (non-hydrogen) atoms. The third-order valence-electron chi connectivity index (χ3n) is 4.94. The number of H-pyrrole nitrogens is 1. The molecule has 0 radical (unpaired) electrons. The van der Waals surface area contributed by atoms with Crippen LogP contribution in [-0.4, -0.2) is 39.4 Å². The molecule has 9 heteroatoms. The van der Waals surface area contributed by atoms with Crippen LogP contribution >= 0.6 is 11.6 Å². The summed E-state index contributed by atoms with van der Waals surface area (Å²) in [5, 5.41) is 6.11. The van der Waals surface area contributed by atoms with Crippen LogP contribution in [-0.2, 0) is 6.42 Å². The quantitative estimate of drug-likeness (QED) is 0.482. The summed E-state index contributed by atoms with van der Waals surface area (Å²) in [6.45, 7) is 8.47. The van der Waals surface area contributed by atoms with E-state index in [1.807, 2.05) is 33.8 Å². The molecule has 170 valence electrons. The molecule has 0 atom stereocenters. The highest BCUT2D eigenvalue weighted by atomic mass is 35.5. The average Bonchev–Trinajstić information content (AvgIpc) is 3.13. The standard InChI is InChI=1S/C23H28ClN5O3/c1-13(2)10-26-23(32)17-12-29(14(3)4)11-16(21(17)30)22(31)25-8-7-20-27-18-6-5-15(24)9-19(18)28-20/h5-6,9,11-14H,7-8,10H2,1-4H3,(H,25,31)(H,26,32)(H,27,28). The number of aromatic nitrogens is 3. The van der Waals surface area contributed by atoms with Crippen LogP contribution in [0.5, 0.6) is 0 Å².